The van der Waals surface area contributed by atoms with Crippen molar-refractivity contribution in [3.63, 3.8) is 0 Å². The van der Waals surface area contributed by atoms with Crippen molar-refractivity contribution in [3.8, 4) is 0 Å². The van der Waals surface area contributed by atoms with E-state index in [1.165, 1.54) is 38.1 Å². The van der Waals surface area contributed by atoms with E-state index in [4.69, 9.17) is 0 Å². The molecule has 0 aliphatic carbocycles. The summed E-state index contributed by atoms with van der Waals surface area (Å²) in [6.07, 6.45) is 2.66. The molecule has 1 aromatic rings. The summed E-state index contributed by atoms with van der Waals surface area (Å²) in [5.74, 6) is -2.12. The number of hydrogen-bond acceptors (Lipinski definition) is 6. The van der Waals surface area contributed by atoms with Crippen LogP contribution in [0.2, 0.25) is 0 Å². The molecule has 0 bridgehead atoms. The van der Waals surface area contributed by atoms with Crippen molar-refractivity contribution in [2.75, 3.05) is 0 Å². The van der Waals surface area contributed by atoms with Crippen molar-refractivity contribution in [2.24, 2.45) is 0 Å². The molecule has 0 saturated heterocycles. The monoisotopic (exact) mass is 330 g/mol. The molecular weight excluding hydrogens is 312 g/mol. The number of hydrogen-bond donors (Lipinski definition) is 3. The van der Waals surface area contributed by atoms with Gasteiger partial charge < -0.3 is 15.3 Å². The summed E-state index contributed by atoms with van der Waals surface area (Å²) in [6.45, 7) is 2.54. The van der Waals surface area contributed by atoms with Gasteiger partial charge in [-0.15, -0.1) is 0 Å². The van der Waals surface area contributed by atoms with Gasteiger partial charge in [0.15, 0.2) is 11.6 Å². The quantitative estimate of drug-likeness (QED) is 0.306. The molecule has 0 saturated carbocycles. The van der Waals surface area contributed by atoms with Crippen LogP contribution in [-0.4, -0.2) is 32.7 Å². The summed E-state index contributed by atoms with van der Waals surface area (Å²) >= 11 is 0. The predicted molar refractivity (Wildman–Crippen MR) is 89.4 cm³/mol. The lowest BCUT2D eigenvalue weighted by Gasteiger charge is -2.04. The molecule has 0 aromatic heterocycles. The van der Waals surface area contributed by atoms with Crippen molar-refractivity contribution < 1.29 is 29.7 Å². The summed E-state index contributed by atoms with van der Waals surface area (Å²) in [6, 6.07) is 5.83. The van der Waals surface area contributed by atoms with Gasteiger partial charge in [0, 0.05) is 29.4 Å². The van der Waals surface area contributed by atoms with Crippen molar-refractivity contribution in [1.82, 2.24) is 0 Å². The Morgan fingerprint density at radius 1 is 0.833 bits per heavy atom. The zero-order valence-electron chi connectivity index (χ0n) is 13.3. The first kappa shape index (κ1) is 18.9. The summed E-state index contributed by atoms with van der Waals surface area (Å²) in [7, 11) is 0. The topological polar surface area (TPSA) is 112 Å². The zero-order chi connectivity index (χ0) is 18.3. The lowest BCUT2D eigenvalue weighted by molar-refractivity contribution is -0.123. The fourth-order valence-electron chi connectivity index (χ4n) is 1.82. The second kappa shape index (κ2) is 8.47. The van der Waals surface area contributed by atoms with E-state index in [-0.39, 0.29) is 35.3 Å². The molecule has 126 valence electrons. The van der Waals surface area contributed by atoms with Gasteiger partial charge in [-0.3, -0.25) is 14.4 Å². The SMILES string of the molecule is CC(=O)/C=C(O)/C=C(\O)c1ccc(/C(O)=C/C(=O)CC(C)=O)cc1. The van der Waals surface area contributed by atoms with Crippen molar-refractivity contribution in [3.05, 3.63) is 59.4 Å². The normalized spacial score (nSPS) is 12.8. The Morgan fingerprint density at radius 2 is 1.29 bits per heavy atom. The van der Waals surface area contributed by atoms with Crippen LogP contribution in [0.3, 0.4) is 0 Å². The van der Waals surface area contributed by atoms with Crippen LogP contribution in [0.4, 0.5) is 0 Å². The molecular formula is C18H18O6. The van der Waals surface area contributed by atoms with Crippen LogP contribution in [0.5, 0.6) is 0 Å². The third kappa shape index (κ3) is 6.31. The molecule has 0 spiro atoms. The summed E-state index contributed by atoms with van der Waals surface area (Å²) < 4.78 is 0. The summed E-state index contributed by atoms with van der Waals surface area (Å²) in [5, 5.41) is 29.2. The van der Waals surface area contributed by atoms with Crippen LogP contribution in [0.1, 0.15) is 31.4 Å². The van der Waals surface area contributed by atoms with Gasteiger partial charge in [0.1, 0.15) is 23.1 Å². The largest absolute Gasteiger partial charge is 0.508 e. The molecule has 0 fully saturated rings. The third-order valence-electron chi connectivity index (χ3n) is 2.83. The lowest BCUT2D eigenvalue weighted by Crippen LogP contribution is -2.01. The second-order valence-electron chi connectivity index (χ2n) is 5.16. The van der Waals surface area contributed by atoms with E-state index in [1.54, 1.807) is 0 Å². The second-order valence-corrected chi connectivity index (χ2v) is 5.16. The van der Waals surface area contributed by atoms with Crippen molar-refractivity contribution in [2.45, 2.75) is 20.3 Å². The first-order chi connectivity index (χ1) is 11.2. The molecule has 0 aliphatic rings. The number of ketones is 3. The van der Waals surface area contributed by atoms with Crippen molar-refractivity contribution >= 4 is 28.9 Å². The van der Waals surface area contributed by atoms with Gasteiger partial charge in [-0.2, -0.15) is 0 Å². The van der Waals surface area contributed by atoms with E-state index in [9.17, 15) is 29.7 Å². The minimum atomic E-state index is -0.508. The Labute approximate surface area is 139 Å². The van der Waals surface area contributed by atoms with E-state index in [2.05, 4.69) is 0 Å². The van der Waals surface area contributed by atoms with E-state index >= 15 is 0 Å². The van der Waals surface area contributed by atoms with Gasteiger partial charge in [0.25, 0.3) is 0 Å². The van der Waals surface area contributed by atoms with Crippen LogP contribution in [0.15, 0.2) is 48.3 Å². The molecule has 0 heterocycles. The Morgan fingerprint density at radius 3 is 1.71 bits per heavy atom. The number of rotatable bonds is 7. The number of carbonyl (C=O) groups excluding carboxylic acids is 3. The van der Waals surface area contributed by atoms with Crippen LogP contribution in [-0.2, 0) is 14.4 Å². The van der Waals surface area contributed by atoms with Crippen molar-refractivity contribution in [1.29, 1.82) is 0 Å². The molecule has 0 radical (unpaired) electrons. The number of carbonyl (C=O) groups is 3. The highest BCUT2D eigenvalue weighted by atomic mass is 16.3. The average molecular weight is 330 g/mol. The minimum Gasteiger partial charge on any atom is -0.508 e. The highest BCUT2D eigenvalue weighted by Gasteiger charge is 2.07. The molecule has 1 rings (SSSR count). The van der Waals surface area contributed by atoms with E-state index in [0.29, 0.717) is 11.1 Å². The van der Waals surface area contributed by atoms with Crippen LogP contribution >= 0.6 is 0 Å². The highest BCUT2D eigenvalue weighted by molar-refractivity contribution is 6.06. The summed E-state index contributed by atoms with van der Waals surface area (Å²) in [4.78, 5) is 33.1. The van der Waals surface area contributed by atoms with E-state index in [1.807, 2.05) is 0 Å². The first-order valence-electron chi connectivity index (χ1n) is 7.04. The van der Waals surface area contributed by atoms with Crippen LogP contribution in [0.25, 0.3) is 11.5 Å². The molecule has 0 aliphatic heterocycles. The highest BCUT2D eigenvalue weighted by Crippen LogP contribution is 2.18. The third-order valence-corrected chi connectivity index (χ3v) is 2.83. The first-order valence-corrected chi connectivity index (χ1v) is 7.04. The van der Waals surface area contributed by atoms with Gasteiger partial charge >= 0.3 is 0 Å². The van der Waals surface area contributed by atoms with Gasteiger partial charge in [-0.25, -0.2) is 0 Å². The van der Waals surface area contributed by atoms with E-state index in [0.717, 1.165) is 18.2 Å². The van der Waals surface area contributed by atoms with E-state index < -0.39 is 5.78 Å². The summed E-state index contributed by atoms with van der Waals surface area (Å²) in [5.41, 5.74) is 0.664. The number of aliphatic hydroxyl groups excluding tert-OH is 3. The average Bonchev–Trinajstić information content (AvgIpc) is 2.45. The minimum absolute atomic E-state index is 0.271. The fraction of sp³-hybridized carbons (Fsp3) is 0.167. The van der Waals surface area contributed by atoms with Crippen LogP contribution in [0, 0.1) is 0 Å². The van der Waals surface area contributed by atoms with Gasteiger partial charge in [0.05, 0.1) is 6.42 Å². The van der Waals surface area contributed by atoms with Gasteiger partial charge in [0.2, 0.25) is 0 Å². The number of Topliss-reactive ketones (excluding diaryl/α,β-unsaturated/α-hetero) is 1. The number of allylic oxidation sites excluding steroid dienone is 3. The Bertz CT molecular complexity index is 735. The molecule has 0 unspecified atom stereocenters. The Balaban J connectivity index is 2.95. The fourth-order valence-corrected chi connectivity index (χ4v) is 1.82. The Hall–Kier alpha value is -3.15. The maximum absolute atomic E-state index is 11.5. The number of aliphatic hydroxyl groups is 3. The lowest BCUT2D eigenvalue weighted by atomic mass is 10.1. The Kier molecular flexibility index (Phi) is 6.67. The maximum Gasteiger partial charge on any atom is 0.166 e. The smallest absolute Gasteiger partial charge is 0.166 e. The molecule has 0 amide bonds. The maximum atomic E-state index is 11.5. The molecule has 0 atom stereocenters. The predicted octanol–water partition coefficient (Wildman–Crippen LogP) is 3.06. The molecule has 6 nitrogen and oxygen atoms in total. The van der Waals surface area contributed by atoms with Gasteiger partial charge in [-0.05, 0) is 13.8 Å². The standard InChI is InChI=1S/C18H18O6/c1-11(19)7-15(21)9-17(23)13-3-5-14(6-4-13)18(24)10-16(22)8-12(2)20/h3-7,9-10,21,23-24H,8H2,1-2H3/b15-7-,17-9-,18-10-. The molecule has 24 heavy (non-hydrogen) atoms. The molecule has 3 N–H and O–H groups in total. The van der Waals surface area contributed by atoms with Gasteiger partial charge in [-0.1, -0.05) is 24.3 Å². The zero-order valence-corrected chi connectivity index (χ0v) is 13.3. The molecule has 6 heteroatoms. The van der Waals surface area contributed by atoms with Crippen LogP contribution < -0.4 is 0 Å². The number of benzene rings is 1. The molecule has 1 aromatic carbocycles.